The van der Waals surface area contributed by atoms with Crippen molar-refractivity contribution in [2.75, 3.05) is 13.2 Å². The number of ether oxygens (including phenoxy) is 2. The van der Waals surface area contributed by atoms with Gasteiger partial charge in [0, 0.05) is 28.2 Å². The van der Waals surface area contributed by atoms with Crippen LogP contribution in [0.4, 0.5) is 0 Å². The summed E-state index contributed by atoms with van der Waals surface area (Å²) in [5, 5.41) is 11.0. The monoisotopic (exact) mass is 431 g/mol. The first-order chi connectivity index (χ1) is 15.7. The second kappa shape index (κ2) is 10.1. The standard InChI is InChI=1S/C26H25NO5/c28-16-17-31-25(29)15-14-24(26(30)32-18-19-8-2-1-3-9-19)27-22-12-6-4-10-20(22)21-11-5-7-13-23(21)27/h1-13,24,28H,14-18H2/t24-/m0/s1. The number of hydrogen-bond donors (Lipinski definition) is 1. The molecule has 6 nitrogen and oxygen atoms in total. The minimum absolute atomic E-state index is 0.0337. The van der Waals surface area contributed by atoms with E-state index in [-0.39, 0.29) is 32.7 Å². The lowest BCUT2D eigenvalue weighted by molar-refractivity contribution is -0.150. The molecule has 0 saturated heterocycles. The van der Waals surface area contributed by atoms with Crippen LogP contribution in [0.3, 0.4) is 0 Å². The minimum atomic E-state index is -0.704. The van der Waals surface area contributed by atoms with Gasteiger partial charge in [-0.1, -0.05) is 66.7 Å². The van der Waals surface area contributed by atoms with E-state index >= 15 is 0 Å². The van der Waals surface area contributed by atoms with Crippen molar-refractivity contribution in [1.82, 2.24) is 4.57 Å². The molecule has 0 radical (unpaired) electrons. The number of aliphatic hydroxyl groups excluding tert-OH is 1. The average Bonchev–Trinajstić information content (AvgIpc) is 3.17. The third kappa shape index (κ3) is 4.65. The summed E-state index contributed by atoms with van der Waals surface area (Å²) in [7, 11) is 0. The molecule has 6 heteroatoms. The van der Waals surface area contributed by atoms with Crippen molar-refractivity contribution in [3.05, 3.63) is 84.4 Å². The van der Waals surface area contributed by atoms with Crippen LogP contribution >= 0.6 is 0 Å². The van der Waals surface area contributed by atoms with Gasteiger partial charge in [-0.15, -0.1) is 0 Å². The maximum Gasteiger partial charge on any atom is 0.329 e. The molecule has 0 saturated carbocycles. The highest BCUT2D eigenvalue weighted by molar-refractivity contribution is 6.08. The first kappa shape index (κ1) is 21.6. The third-order valence-electron chi connectivity index (χ3n) is 5.40. The molecule has 0 bridgehead atoms. The third-order valence-corrected chi connectivity index (χ3v) is 5.40. The SMILES string of the molecule is O=C(CC[C@@H](C(=O)OCc1ccccc1)n1c2ccccc2c2ccccc21)OCCO. The van der Waals surface area contributed by atoms with Crippen molar-refractivity contribution in [3.8, 4) is 0 Å². The van der Waals surface area contributed by atoms with Crippen molar-refractivity contribution in [3.63, 3.8) is 0 Å². The molecule has 1 heterocycles. The molecule has 4 aromatic rings. The fraction of sp³-hybridized carbons (Fsp3) is 0.231. The second-order valence-electron chi connectivity index (χ2n) is 7.50. The summed E-state index contributed by atoms with van der Waals surface area (Å²) in [5.41, 5.74) is 2.70. The smallest absolute Gasteiger partial charge is 0.329 e. The maximum absolute atomic E-state index is 13.3. The van der Waals surface area contributed by atoms with Gasteiger partial charge >= 0.3 is 11.9 Å². The van der Waals surface area contributed by atoms with Crippen LogP contribution in [0, 0.1) is 0 Å². The van der Waals surface area contributed by atoms with E-state index in [0.717, 1.165) is 27.4 Å². The molecule has 4 rings (SSSR count). The fourth-order valence-electron chi connectivity index (χ4n) is 3.95. The fourth-order valence-corrected chi connectivity index (χ4v) is 3.95. The van der Waals surface area contributed by atoms with Gasteiger partial charge in [-0.3, -0.25) is 4.79 Å². The normalized spacial score (nSPS) is 12.0. The molecule has 1 aromatic heterocycles. The van der Waals surface area contributed by atoms with Gasteiger partial charge in [0.1, 0.15) is 19.3 Å². The van der Waals surface area contributed by atoms with E-state index in [0.29, 0.717) is 0 Å². The van der Waals surface area contributed by atoms with Gasteiger partial charge in [0.25, 0.3) is 0 Å². The summed E-state index contributed by atoms with van der Waals surface area (Å²) < 4.78 is 12.6. The minimum Gasteiger partial charge on any atom is -0.463 e. The number of carbonyl (C=O) groups excluding carboxylic acids is 2. The topological polar surface area (TPSA) is 77.8 Å². The zero-order valence-electron chi connectivity index (χ0n) is 17.6. The van der Waals surface area contributed by atoms with E-state index in [1.54, 1.807) is 0 Å². The van der Waals surface area contributed by atoms with Crippen molar-refractivity contribution in [2.24, 2.45) is 0 Å². The van der Waals surface area contributed by atoms with Crippen LogP contribution in [-0.2, 0) is 25.7 Å². The zero-order chi connectivity index (χ0) is 22.3. The van der Waals surface area contributed by atoms with Gasteiger partial charge in [-0.2, -0.15) is 0 Å². The summed E-state index contributed by atoms with van der Waals surface area (Å²) in [6.45, 7) is -0.138. The Hall–Kier alpha value is -3.64. The molecule has 0 fully saturated rings. The lowest BCUT2D eigenvalue weighted by atomic mass is 10.1. The molecule has 1 N–H and O–H groups in total. The number of para-hydroxylation sites is 2. The number of nitrogens with zero attached hydrogens (tertiary/aromatic N) is 1. The van der Waals surface area contributed by atoms with Crippen LogP contribution in [0.1, 0.15) is 24.4 Å². The Morgan fingerprint density at radius 3 is 2.03 bits per heavy atom. The van der Waals surface area contributed by atoms with E-state index in [1.807, 2.05) is 83.4 Å². The molecule has 164 valence electrons. The molecule has 0 aliphatic carbocycles. The zero-order valence-corrected chi connectivity index (χ0v) is 17.6. The molecule has 32 heavy (non-hydrogen) atoms. The highest BCUT2D eigenvalue weighted by Crippen LogP contribution is 2.34. The number of fused-ring (bicyclic) bond motifs is 3. The van der Waals surface area contributed by atoms with Gasteiger partial charge in [-0.25, -0.2) is 4.79 Å². The number of rotatable bonds is 9. The Bertz CT molecular complexity index is 1160. The number of carbonyl (C=O) groups is 2. The number of hydrogen-bond acceptors (Lipinski definition) is 5. The van der Waals surface area contributed by atoms with Crippen LogP contribution in [0.5, 0.6) is 0 Å². The van der Waals surface area contributed by atoms with E-state index < -0.39 is 18.0 Å². The lowest BCUT2D eigenvalue weighted by Crippen LogP contribution is -2.23. The number of aliphatic hydroxyl groups is 1. The molecule has 0 aliphatic rings. The lowest BCUT2D eigenvalue weighted by Gasteiger charge is -2.20. The summed E-state index contributed by atoms with van der Waals surface area (Å²) >= 11 is 0. The van der Waals surface area contributed by atoms with Crippen LogP contribution in [-0.4, -0.2) is 34.8 Å². The van der Waals surface area contributed by atoms with Gasteiger partial charge in [-0.05, 0) is 24.1 Å². The highest BCUT2D eigenvalue weighted by Gasteiger charge is 2.27. The Kier molecular flexibility index (Phi) is 6.82. The Morgan fingerprint density at radius 2 is 1.41 bits per heavy atom. The van der Waals surface area contributed by atoms with Gasteiger partial charge in [0.05, 0.1) is 6.61 Å². The maximum atomic E-state index is 13.3. The first-order valence-electron chi connectivity index (χ1n) is 10.6. The van der Waals surface area contributed by atoms with E-state index in [4.69, 9.17) is 14.6 Å². The summed E-state index contributed by atoms with van der Waals surface area (Å²) in [6, 6.07) is 24.6. The average molecular weight is 431 g/mol. The van der Waals surface area contributed by atoms with Gasteiger partial charge in [0.2, 0.25) is 0 Å². The first-order valence-corrected chi connectivity index (χ1v) is 10.6. The molecule has 0 aliphatic heterocycles. The largest absolute Gasteiger partial charge is 0.463 e. The summed E-state index contributed by atoms with van der Waals surface area (Å²) in [4.78, 5) is 25.4. The number of benzene rings is 3. The molecule has 0 amide bonds. The predicted molar refractivity (Wildman–Crippen MR) is 122 cm³/mol. The van der Waals surface area contributed by atoms with Gasteiger partial charge in [0.15, 0.2) is 0 Å². The number of aromatic nitrogens is 1. The van der Waals surface area contributed by atoms with Crippen LogP contribution in [0.2, 0.25) is 0 Å². The van der Waals surface area contributed by atoms with E-state index in [2.05, 4.69) is 0 Å². The summed E-state index contributed by atoms with van der Waals surface area (Å²) in [6.07, 6.45) is 0.256. The van der Waals surface area contributed by atoms with Crippen LogP contribution < -0.4 is 0 Å². The Labute approximate surface area is 186 Å². The van der Waals surface area contributed by atoms with Crippen molar-refractivity contribution in [1.29, 1.82) is 0 Å². The molecule has 3 aromatic carbocycles. The molecular weight excluding hydrogens is 406 g/mol. The van der Waals surface area contributed by atoms with E-state index in [1.165, 1.54) is 0 Å². The molecule has 0 spiro atoms. The quantitative estimate of drug-likeness (QED) is 0.398. The second-order valence-corrected chi connectivity index (χ2v) is 7.50. The summed E-state index contributed by atoms with van der Waals surface area (Å²) in [5.74, 6) is -0.865. The Morgan fingerprint density at radius 1 is 0.812 bits per heavy atom. The van der Waals surface area contributed by atoms with Crippen molar-refractivity contribution < 1.29 is 24.2 Å². The molecular formula is C26H25NO5. The Balaban J connectivity index is 1.68. The number of esters is 2. The van der Waals surface area contributed by atoms with Crippen LogP contribution in [0.25, 0.3) is 21.8 Å². The molecule has 0 unspecified atom stereocenters. The van der Waals surface area contributed by atoms with E-state index in [9.17, 15) is 9.59 Å². The van der Waals surface area contributed by atoms with Crippen molar-refractivity contribution >= 4 is 33.7 Å². The van der Waals surface area contributed by atoms with Crippen molar-refractivity contribution in [2.45, 2.75) is 25.5 Å². The van der Waals surface area contributed by atoms with Crippen LogP contribution in [0.15, 0.2) is 78.9 Å². The highest BCUT2D eigenvalue weighted by atomic mass is 16.5. The van der Waals surface area contributed by atoms with Gasteiger partial charge < -0.3 is 19.1 Å². The predicted octanol–water partition coefficient (Wildman–Crippen LogP) is 4.39. The molecule has 1 atom stereocenters.